The van der Waals surface area contributed by atoms with E-state index >= 15 is 0 Å². The summed E-state index contributed by atoms with van der Waals surface area (Å²) >= 11 is 0. The number of hydrogen-bond acceptors (Lipinski definition) is 4. The van der Waals surface area contributed by atoms with Crippen molar-refractivity contribution in [3.8, 4) is 45.5 Å². The van der Waals surface area contributed by atoms with Gasteiger partial charge in [-0.2, -0.15) is 9.97 Å². The maximum absolute atomic E-state index is 5.09. The number of aromatic nitrogens is 6. The van der Waals surface area contributed by atoms with Crippen LogP contribution in [0.3, 0.4) is 0 Å². The molecule has 4 heterocycles. The Morgan fingerprint density at radius 3 is 1.76 bits per heavy atom. The van der Waals surface area contributed by atoms with Gasteiger partial charge < -0.3 is 0 Å². The summed E-state index contributed by atoms with van der Waals surface area (Å²) in [7, 11) is 0. The zero-order valence-electron chi connectivity index (χ0n) is 26.8. The molecule has 0 saturated carbocycles. The van der Waals surface area contributed by atoms with E-state index in [2.05, 4.69) is 100 Å². The molecule has 10 rings (SSSR count). The van der Waals surface area contributed by atoms with Crippen molar-refractivity contribution in [3.63, 3.8) is 0 Å². The third-order valence-corrected chi connectivity index (χ3v) is 9.44. The Labute approximate surface area is 287 Å². The number of pyridine rings is 1. The van der Waals surface area contributed by atoms with Gasteiger partial charge in [0, 0.05) is 44.6 Å². The molecule has 0 fully saturated rings. The predicted octanol–water partition coefficient (Wildman–Crippen LogP) is 10.5. The Hall–Kier alpha value is -6.92. The van der Waals surface area contributed by atoms with E-state index in [9.17, 15) is 0 Å². The molecule has 0 amide bonds. The fourth-order valence-corrected chi connectivity index (χ4v) is 7.23. The van der Waals surface area contributed by atoms with Crippen molar-refractivity contribution in [1.82, 2.24) is 29.1 Å². The normalized spacial score (nSPS) is 11.6. The lowest BCUT2D eigenvalue weighted by molar-refractivity contribution is 0.953. The molecule has 0 atom stereocenters. The van der Waals surface area contributed by atoms with E-state index in [1.165, 1.54) is 5.39 Å². The second-order valence-corrected chi connectivity index (χ2v) is 12.3. The van der Waals surface area contributed by atoms with Crippen molar-refractivity contribution in [2.75, 3.05) is 0 Å². The topological polar surface area (TPSA) is 61.4 Å². The van der Waals surface area contributed by atoms with Gasteiger partial charge in [0.15, 0.2) is 11.6 Å². The van der Waals surface area contributed by atoms with Crippen molar-refractivity contribution >= 4 is 43.7 Å². The summed E-state index contributed by atoms with van der Waals surface area (Å²) in [4.78, 5) is 20.0. The van der Waals surface area contributed by atoms with Crippen LogP contribution in [0.15, 0.2) is 170 Å². The van der Waals surface area contributed by atoms with Crippen LogP contribution < -0.4 is 0 Å². The summed E-state index contributed by atoms with van der Waals surface area (Å²) in [6.07, 6.45) is 1.87. The quantitative estimate of drug-likeness (QED) is 0.188. The zero-order valence-corrected chi connectivity index (χ0v) is 26.8. The summed E-state index contributed by atoms with van der Waals surface area (Å²) in [6.45, 7) is 0. The average Bonchev–Trinajstić information content (AvgIpc) is 3.71. The molecule has 6 aromatic carbocycles. The minimum Gasteiger partial charge on any atom is -0.294 e. The maximum atomic E-state index is 5.09. The van der Waals surface area contributed by atoms with E-state index in [1.807, 2.05) is 79.0 Å². The van der Waals surface area contributed by atoms with E-state index in [4.69, 9.17) is 19.9 Å². The van der Waals surface area contributed by atoms with Crippen LogP contribution in [0, 0.1) is 0 Å². The van der Waals surface area contributed by atoms with Crippen molar-refractivity contribution in [2.24, 2.45) is 0 Å². The van der Waals surface area contributed by atoms with Crippen LogP contribution in [0.5, 0.6) is 0 Å². The lowest BCUT2D eigenvalue weighted by atomic mass is 9.98. The lowest BCUT2D eigenvalue weighted by Gasteiger charge is -2.11. The molecule has 0 bridgehead atoms. The van der Waals surface area contributed by atoms with Crippen LogP contribution in [-0.4, -0.2) is 29.1 Å². The highest BCUT2D eigenvalue weighted by Gasteiger charge is 2.20. The summed E-state index contributed by atoms with van der Waals surface area (Å²) in [5.74, 6) is 1.84. The minimum atomic E-state index is 0.579. The van der Waals surface area contributed by atoms with E-state index in [1.54, 1.807) is 0 Å². The number of para-hydroxylation sites is 2. The fourth-order valence-electron chi connectivity index (χ4n) is 7.23. The number of fused-ring (bicyclic) bond motifs is 6. The molecule has 0 aliphatic rings. The number of rotatable bonds is 5. The largest absolute Gasteiger partial charge is 0.294 e. The van der Waals surface area contributed by atoms with Crippen LogP contribution in [0.1, 0.15) is 0 Å². The van der Waals surface area contributed by atoms with Crippen LogP contribution in [0.25, 0.3) is 89.3 Å². The summed E-state index contributed by atoms with van der Waals surface area (Å²) in [6, 6.07) is 56.6. The van der Waals surface area contributed by atoms with Gasteiger partial charge in [0.05, 0.1) is 16.6 Å². The van der Waals surface area contributed by atoms with Crippen LogP contribution in [0.4, 0.5) is 0 Å². The predicted molar refractivity (Wildman–Crippen MR) is 203 cm³/mol. The third-order valence-electron chi connectivity index (χ3n) is 9.44. The zero-order chi connectivity index (χ0) is 33.0. The molecule has 234 valence electrons. The van der Waals surface area contributed by atoms with Gasteiger partial charge in [-0.05, 0) is 59.7 Å². The van der Waals surface area contributed by atoms with Gasteiger partial charge in [-0.25, -0.2) is 9.97 Å². The van der Waals surface area contributed by atoms with Gasteiger partial charge >= 0.3 is 0 Å². The molecule has 6 nitrogen and oxygen atoms in total. The van der Waals surface area contributed by atoms with Gasteiger partial charge in [-0.1, -0.05) is 115 Å². The van der Waals surface area contributed by atoms with Gasteiger partial charge in [0.25, 0.3) is 0 Å². The Morgan fingerprint density at radius 1 is 0.400 bits per heavy atom. The molecule has 0 aliphatic carbocycles. The summed E-state index contributed by atoms with van der Waals surface area (Å²) in [5, 5.41) is 4.56. The molecule has 6 heteroatoms. The Balaban J connectivity index is 1.22. The first-order valence-electron chi connectivity index (χ1n) is 16.7. The van der Waals surface area contributed by atoms with Crippen molar-refractivity contribution in [1.29, 1.82) is 0 Å². The smallest absolute Gasteiger partial charge is 0.238 e. The molecule has 0 radical (unpaired) electrons. The minimum absolute atomic E-state index is 0.579. The summed E-state index contributed by atoms with van der Waals surface area (Å²) in [5.41, 5.74) is 9.38. The molecule has 0 unspecified atom stereocenters. The monoisotopic (exact) mass is 640 g/mol. The highest BCUT2D eigenvalue weighted by atomic mass is 15.2. The molecule has 4 aromatic heterocycles. The Morgan fingerprint density at radius 2 is 1.02 bits per heavy atom. The molecule has 0 aliphatic heterocycles. The molecular weight excluding hydrogens is 613 g/mol. The first-order valence-corrected chi connectivity index (χ1v) is 16.7. The van der Waals surface area contributed by atoms with Crippen molar-refractivity contribution in [3.05, 3.63) is 170 Å². The molecule has 10 aromatic rings. The van der Waals surface area contributed by atoms with Gasteiger partial charge in [-0.15, -0.1) is 0 Å². The molecule has 0 N–H and O–H groups in total. The number of hydrogen-bond donors (Lipinski definition) is 0. The molecule has 50 heavy (non-hydrogen) atoms. The Kier molecular flexibility index (Phi) is 6.39. The lowest BCUT2D eigenvalue weighted by Crippen LogP contribution is -2.06. The highest BCUT2D eigenvalue weighted by Crippen LogP contribution is 2.40. The first-order chi connectivity index (χ1) is 24.8. The second-order valence-electron chi connectivity index (χ2n) is 12.3. The van der Waals surface area contributed by atoms with E-state index in [-0.39, 0.29) is 0 Å². The second kappa shape index (κ2) is 11.4. The Bertz CT molecular complexity index is 2800. The fraction of sp³-hybridized carbons (Fsp3) is 0. The first kappa shape index (κ1) is 28.1. The van der Waals surface area contributed by atoms with Gasteiger partial charge in [0.2, 0.25) is 5.95 Å². The highest BCUT2D eigenvalue weighted by molar-refractivity contribution is 6.16. The van der Waals surface area contributed by atoms with Gasteiger partial charge in [-0.3, -0.25) is 9.13 Å². The van der Waals surface area contributed by atoms with Crippen molar-refractivity contribution < 1.29 is 0 Å². The van der Waals surface area contributed by atoms with Crippen LogP contribution in [0.2, 0.25) is 0 Å². The van der Waals surface area contributed by atoms with E-state index < -0.39 is 0 Å². The van der Waals surface area contributed by atoms with E-state index in [0.717, 1.165) is 66.3 Å². The van der Waals surface area contributed by atoms with E-state index in [0.29, 0.717) is 17.6 Å². The van der Waals surface area contributed by atoms with Crippen molar-refractivity contribution in [2.45, 2.75) is 0 Å². The average molecular weight is 641 g/mol. The maximum Gasteiger partial charge on any atom is 0.238 e. The number of benzene rings is 6. The number of nitrogens with zero attached hydrogens (tertiary/aromatic N) is 6. The standard InChI is InChI=1S/C44H28N6/c1-4-14-29(15-5-1)41-46-42(30-16-6-2-7-17-30)48-44(47-41)50-37-23-11-10-20-34(37)36-28-31(25-26-38(36)50)33-21-12-24-39-40(33)35-22-13-27-45-43(35)49(39)32-18-8-3-9-19-32/h1-28H. The van der Waals surface area contributed by atoms with Gasteiger partial charge in [0.1, 0.15) is 5.65 Å². The molecule has 0 spiro atoms. The third kappa shape index (κ3) is 4.43. The summed E-state index contributed by atoms with van der Waals surface area (Å²) < 4.78 is 4.43. The molecular formula is C44H28N6. The molecule has 0 saturated heterocycles. The SMILES string of the molecule is c1ccc(-c2nc(-c3ccccc3)nc(-n3c4ccccc4c4cc(-c5cccc6c5c5cccnc5n6-c5ccccc5)ccc43)n2)cc1. The van der Waals surface area contributed by atoms with Crippen LogP contribution >= 0.6 is 0 Å². The van der Waals surface area contributed by atoms with Crippen LogP contribution in [-0.2, 0) is 0 Å².